The fourth-order valence-electron chi connectivity index (χ4n) is 1.57. The molecule has 0 aliphatic heterocycles. The monoisotopic (exact) mass is 276 g/mol. The molecule has 0 spiro atoms. The Balaban J connectivity index is 2.62. The van der Waals surface area contributed by atoms with E-state index in [0.29, 0.717) is 12.0 Å². The Bertz CT molecular complexity index is 509. The third kappa shape index (κ3) is 5.69. The van der Waals surface area contributed by atoms with E-state index in [-0.39, 0.29) is 11.9 Å². The summed E-state index contributed by atoms with van der Waals surface area (Å²) in [7, 11) is 1.34. The molecule has 108 valence electrons. The van der Waals surface area contributed by atoms with Gasteiger partial charge in [0.1, 0.15) is 5.60 Å². The van der Waals surface area contributed by atoms with Gasteiger partial charge in [-0.25, -0.2) is 9.59 Å². The van der Waals surface area contributed by atoms with Crippen LogP contribution in [0, 0.1) is 0 Å². The summed E-state index contributed by atoms with van der Waals surface area (Å²) < 4.78 is 9.81. The predicted molar refractivity (Wildman–Crippen MR) is 76.5 cm³/mol. The van der Waals surface area contributed by atoms with Gasteiger partial charge < -0.3 is 9.47 Å². The van der Waals surface area contributed by atoms with Gasteiger partial charge in [0.25, 0.3) is 0 Å². The highest BCUT2D eigenvalue weighted by molar-refractivity contribution is 5.89. The summed E-state index contributed by atoms with van der Waals surface area (Å²) in [5.74, 6) is -0.746. The van der Waals surface area contributed by atoms with Crippen molar-refractivity contribution in [1.29, 1.82) is 0 Å². The molecule has 0 radical (unpaired) electrons. The summed E-state index contributed by atoms with van der Waals surface area (Å²) in [6, 6.07) is 7.09. The molecule has 1 aromatic carbocycles. The van der Waals surface area contributed by atoms with E-state index in [9.17, 15) is 9.59 Å². The zero-order valence-electron chi connectivity index (χ0n) is 12.3. The Kier molecular flexibility index (Phi) is 5.50. The second-order valence-corrected chi connectivity index (χ2v) is 5.33. The number of methoxy groups -OCH3 is 1. The van der Waals surface area contributed by atoms with Crippen LogP contribution in [0.5, 0.6) is 0 Å². The van der Waals surface area contributed by atoms with Gasteiger partial charge in [-0.1, -0.05) is 18.2 Å². The normalized spacial score (nSPS) is 11.4. The number of esters is 2. The molecular weight excluding hydrogens is 256 g/mol. The molecule has 0 amide bonds. The van der Waals surface area contributed by atoms with Crippen molar-refractivity contribution in [2.75, 3.05) is 7.11 Å². The van der Waals surface area contributed by atoms with Crippen LogP contribution in [0.25, 0.3) is 0 Å². The minimum Gasteiger partial charge on any atom is -0.465 e. The average molecular weight is 276 g/mol. The van der Waals surface area contributed by atoms with Crippen molar-refractivity contribution < 1.29 is 19.1 Å². The van der Waals surface area contributed by atoms with Crippen molar-refractivity contribution >= 4 is 11.9 Å². The van der Waals surface area contributed by atoms with Crippen molar-refractivity contribution in [3.05, 3.63) is 47.5 Å². The number of rotatable bonds is 4. The van der Waals surface area contributed by atoms with Gasteiger partial charge >= 0.3 is 11.9 Å². The van der Waals surface area contributed by atoms with Crippen LogP contribution in [0.4, 0.5) is 0 Å². The lowest BCUT2D eigenvalue weighted by molar-refractivity contribution is -0.148. The summed E-state index contributed by atoms with van der Waals surface area (Å²) in [5.41, 5.74) is 0.926. The molecule has 20 heavy (non-hydrogen) atoms. The molecule has 0 bridgehead atoms. The largest absolute Gasteiger partial charge is 0.465 e. The summed E-state index contributed by atoms with van der Waals surface area (Å²) in [6.07, 6.45) is 3.66. The van der Waals surface area contributed by atoms with Gasteiger partial charge in [-0.05, 0) is 44.9 Å². The minimum atomic E-state index is -0.494. The highest BCUT2D eigenvalue weighted by atomic mass is 16.6. The van der Waals surface area contributed by atoms with E-state index in [1.54, 1.807) is 24.3 Å². The Morgan fingerprint density at radius 3 is 2.55 bits per heavy atom. The van der Waals surface area contributed by atoms with E-state index in [0.717, 1.165) is 5.56 Å². The van der Waals surface area contributed by atoms with Gasteiger partial charge in [0.15, 0.2) is 0 Å². The maximum atomic E-state index is 11.5. The van der Waals surface area contributed by atoms with Crippen molar-refractivity contribution in [2.45, 2.75) is 32.8 Å². The van der Waals surface area contributed by atoms with E-state index in [1.165, 1.54) is 13.2 Å². The van der Waals surface area contributed by atoms with Crippen LogP contribution in [0.1, 0.15) is 36.7 Å². The molecule has 0 saturated heterocycles. The molecule has 0 aromatic heterocycles. The lowest BCUT2D eigenvalue weighted by atomic mass is 10.1. The fraction of sp³-hybridized carbons (Fsp3) is 0.375. The van der Waals surface area contributed by atoms with Crippen molar-refractivity contribution in [1.82, 2.24) is 0 Å². The molecule has 4 nitrogen and oxygen atoms in total. The predicted octanol–water partition coefficient (Wildman–Crippen LogP) is 2.91. The van der Waals surface area contributed by atoms with E-state index < -0.39 is 5.60 Å². The van der Waals surface area contributed by atoms with Crippen LogP contribution in [0.2, 0.25) is 0 Å². The zero-order chi connectivity index (χ0) is 15.2. The van der Waals surface area contributed by atoms with Crippen LogP contribution in [-0.4, -0.2) is 24.6 Å². The Morgan fingerprint density at radius 2 is 1.95 bits per heavy atom. The van der Waals surface area contributed by atoms with Crippen molar-refractivity contribution in [3.8, 4) is 0 Å². The zero-order valence-corrected chi connectivity index (χ0v) is 12.3. The first-order valence-corrected chi connectivity index (χ1v) is 6.38. The maximum absolute atomic E-state index is 11.5. The highest BCUT2D eigenvalue weighted by Crippen LogP contribution is 2.09. The number of carbonyl (C=O) groups excluding carboxylic acids is 2. The lowest BCUT2D eigenvalue weighted by Crippen LogP contribution is -2.22. The van der Waals surface area contributed by atoms with Crippen LogP contribution in [0.3, 0.4) is 0 Å². The molecule has 0 heterocycles. The number of hydrogen-bond donors (Lipinski definition) is 0. The van der Waals surface area contributed by atoms with Gasteiger partial charge in [0, 0.05) is 6.08 Å². The van der Waals surface area contributed by atoms with E-state index >= 15 is 0 Å². The molecule has 1 aromatic rings. The van der Waals surface area contributed by atoms with Gasteiger partial charge in [-0.3, -0.25) is 0 Å². The molecule has 0 aliphatic rings. The van der Waals surface area contributed by atoms with Crippen LogP contribution >= 0.6 is 0 Å². The Morgan fingerprint density at radius 1 is 1.25 bits per heavy atom. The number of hydrogen-bond acceptors (Lipinski definition) is 4. The fourth-order valence-corrected chi connectivity index (χ4v) is 1.57. The van der Waals surface area contributed by atoms with E-state index in [4.69, 9.17) is 4.74 Å². The summed E-state index contributed by atoms with van der Waals surface area (Å²) in [5, 5.41) is 0. The lowest BCUT2D eigenvalue weighted by Gasteiger charge is -2.17. The second kappa shape index (κ2) is 6.89. The second-order valence-electron chi connectivity index (χ2n) is 5.33. The minimum absolute atomic E-state index is 0.372. The van der Waals surface area contributed by atoms with Crippen LogP contribution in [0.15, 0.2) is 36.4 Å². The number of benzene rings is 1. The molecule has 0 N–H and O–H groups in total. The highest BCUT2D eigenvalue weighted by Gasteiger charge is 2.13. The number of allylic oxidation sites excluding steroid dienone is 1. The smallest absolute Gasteiger partial charge is 0.337 e. The molecule has 0 atom stereocenters. The topological polar surface area (TPSA) is 52.6 Å². The molecule has 0 saturated carbocycles. The molecule has 0 unspecified atom stereocenters. The molecule has 0 aliphatic carbocycles. The molecule has 0 fully saturated rings. The first kappa shape index (κ1) is 16.0. The van der Waals surface area contributed by atoms with Gasteiger partial charge in [-0.2, -0.15) is 0 Å². The SMILES string of the molecule is COC(=O)c1cccc(C/C=C/C(=O)OC(C)(C)C)c1. The third-order valence-corrected chi connectivity index (χ3v) is 2.36. The number of carbonyl (C=O) groups is 2. The number of ether oxygens (including phenoxy) is 2. The van der Waals surface area contributed by atoms with E-state index in [1.807, 2.05) is 26.8 Å². The van der Waals surface area contributed by atoms with Gasteiger partial charge in [0.05, 0.1) is 12.7 Å². The first-order chi connectivity index (χ1) is 9.31. The van der Waals surface area contributed by atoms with Gasteiger partial charge in [-0.15, -0.1) is 0 Å². The molecular formula is C16H20O4. The standard InChI is InChI=1S/C16H20O4/c1-16(2,3)20-14(17)10-6-8-12-7-5-9-13(11-12)15(18)19-4/h5-7,9-11H,8H2,1-4H3/b10-6+. The maximum Gasteiger partial charge on any atom is 0.337 e. The average Bonchev–Trinajstić information content (AvgIpc) is 2.36. The third-order valence-electron chi connectivity index (χ3n) is 2.36. The summed E-state index contributed by atoms with van der Waals surface area (Å²) >= 11 is 0. The quantitative estimate of drug-likeness (QED) is 0.626. The van der Waals surface area contributed by atoms with E-state index in [2.05, 4.69) is 4.74 Å². The Hall–Kier alpha value is -2.10. The summed E-state index contributed by atoms with van der Waals surface area (Å²) in [4.78, 5) is 22.9. The van der Waals surface area contributed by atoms with Crippen molar-refractivity contribution in [2.24, 2.45) is 0 Å². The van der Waals surface area contributed by atoms with Gasteiger partial charge in [0.2, 0.25) is 0 Å². The van der Waals surface area contributed by atoms with Crippen LogP contribution < -0.4 is 0 Å². The molecule has 1 rings (SSSR count). The molecule has 4 heteroatoms. The van der Waals surface area contributed by atoms with Crippen LogP contribution in [-0.2, 0) is 20.7 Å². The first-order valence-electron chi connectivity index (χ1n) is 6.38. The summed E-state index contributed by atoms with van der Waals surface area (Å²) in [6.45, 7) is 5.45. The Labute approximate surface area is 119 Å². The van der Waals surface area contributed by atoms with Crippen molar-refractivity contribution in [3.63, 3.8) is 0 Å².